The number of nitrogens with zero attached hydrogens (tertiary/aromatic N) is 1. The first-order chi connectivity index (χ1) is 9.69. The van der Waals surface area contributed by atoms with Crippen LogP contribution in [0.2, 0.25) is 0 Å². The van der Waals surface area contributed by atoms with Crippen LogP contribution in [0.1, 0.15) is 25.7 Å². The molecule has 0 aliphatic heterocycles. The van der Waals surface area contributed by atoms with Gasteiger partial charge in [-0.2, -0.15) is 0 Å². The van der Waals surface area contributed by atoms with Gasteiger partial charge in [0.2, 0.25) is 5.91 Å². The van der Waals surface area contributed by atoms with Crippen molar-refractivity contribution in [2.45, 2.75) is 37.8 Å². The SMILES string of the molecule is CNC1CCC(N(C)CC(=O)Nc2ccccc2)CC1. The lowest BCUT2D eigenvalue weighted by atomic mass is 9.90. The highest BCUT2D eigenvalue weighted by Crippen LogP contribution is 2.22. The highest BCUT2D eigenvalue weighted by molar-refractivity contribution is 5.92. The van der Waals surface area contributed by atoms with Gasteiger partial charge in [0.05, 0.1) is 6.54 Å². The van der Waals surface area contributed by atoms with Crippen molar-refractivity contribution in [1.29, 1.82) is 0 Å². The number of carbonyl (C=O) groups is 1. The Hall–Kier alpha value is -1.39. The quantitative estimate of drug-likeness (QED) is 0.865. The third-order valence-corrected chi connectivity index (χ3v) is 4.18. The van der Waals surface area contributed by atoms with Crippen molar-refractivity contribution in [2.75, 3.05) is 26.0 Å². The van der Waals surface area contributed by atoms with Gasteiger partial charge in [-0.05, 0) is 51.9 Å². The van der Waals surface area contributed by atoms with Crippen molar-refractivity contribution < 1.29 is 4.79 Å². The van der Waals surface area contributed by atoms with Crippen LogP contribution in [-0.4, -0.2) is 43.5 Å². The van der Waals surface area contributed by atoms with E-state index in [1.54, 1.807) is 0 Å². The molecular formula is C16H25N3O. The van der Waals surface area contributed by atoms with E-state index in [1.807, 2.05) is 37.4 Å². The van der Waals surface area contributed by atoms with E-state index in [4.69, 9.17) is 0 Å². The zero-order valence-corrected chi connectivity index (χ0v) is 12.4. The monoisotopic (exact) mass is 275 g/mol. The van der Waals surface area contributed by atoms with E-state index >= 15 is 0 Å². The van der Waals surface area contributed by atoms with Gasteiger partial charge in [0.25, 0.3) is 0 Å². The molecule has 4 heteroatoms. The van der Waals surface area contributed by atoms with E-state index in [0.29, 0.717) is 18.6 Å². The second kappa shape index (κ2) is 7.41. The maximum absolute atomic E-state index is 12.0. The Morgan fingerprint density at radius 3 is 2.45 bits per heavy atom. The van der Waals surface area contributed by atoms with Crippen molar-refractivity contribution in [2.24, 2.45) is 0 Å². The van der Waals surface area contributed by atoms with Crippen LogP contribution >= 0.6 is 0 Å². The molecule has 0 saturated heterocycles. The van der Waals surface area contributed by atoms with E-state index < -0.39 is 0 Å². The molecule has 0 spiro atoms. The zero-order valence-electron chi connectivity index (χ0n) is 12.4. The van der Waals surface area contributed by atoms with Crippen LogP contribution in [0, 0.1) is 0 Å². The first-order valence-electron chi connectivity index (χ1n) is 7.41. The second-order valence-electron chi connectivity index (χ2n) is 5.62. The largest absolute Gasteiger partial charge is 0.325 e. The number of para-hydroxylation sites is 1. The number of nitrogens with one attached hydrogen (secondary N) is 2. The zero-order chi connectivity index (χ0) is 14.4. The number of hydrogen-bond donors (Lipinski definition) is 2. The summed E-state index contributed by atoms with van der Waals surface area (Å²) < 4.78 is 0. The first-order valence-corrected chi connectivity index (χ1v) is 7.41. The second-order valence-corrected chi connectivity index (χ2v) is 5.62. The summed E-state index contributed by atoms with van der Waals surface area (Å²) >= 11 is 0. The van der Waals surface area contributed by atoms with Crippen molar-refractivity contribution in [3.63, 3.8) is 0 Å². The highest BCUT2D eigenvalue weighted by atomic mass is 16.2. The number of carbonyl (C=O) groups excluding carboxylic acids is 1. The molecule has 0 bridgehead atoms. The van der Waals surface area contributed by atoms with Crippen LogP contribution in [0.15, 0.2) is 30.3 Å². The Labute approximate surface area is 121 Å². The summed E-state index contributed by atoms with van der Waals surface area (Å²) in [4.78, 5) is 14.2. The van der Waals surface area contributed by atoms with E-state index in [2.05, 4.69) is 22.6 Å². The fourth-order valence-electron chi connectivity index (χ4n) is 2.88. The molecular weight excluding hydrogens is 250 g/mol. The molecule has 1 amide bonds. The molecule has 0 atom stereocenters. The molecule has 1 aromatic rings. The molecule has 1 aliphatic carbocycles. The Morgan fingerprint density at radius 2 is 1.85 bits per heavy atom. The van der Waals surface area contributed by atoms with Gasteiger partial charge in [-0.3, -0.25) is 9.69 Å². The van der Waals surface area contributed by atoms with Gasteiger partial charge in [0.15, 0.2) is 0 Å². The molecule has 0 radical (unpaired) electrons. The lowest BCUT2D eigenvalue weighted by Crippen LogP contribution is -2.42. The molecule has 0 aromatic heterocycles. The molecule has 2 N–H and O–H groups in total. The van der Waals surface area contributed by atoms with Gasteiger partial charge in [-0.1, -0.05) is 18.2 Å². The highest BCUT2D eigenvalue weighted by Gasteiger charge is 2.24. The minimum Gasteiger partial charge on any atom is -0.325 e. The van der Waals surface area contributed by atoms with Crippen LogP contribution in [-0.2, 0) is 4.79 Å². The maximum atomic E-state index is 12.0. The van der Waals surface area contributed by atoms with Crippen LogP contribution in [0.3, 0.4) is 0 Å². The molecule has 4 nitrogen and oxygen atoms in total. The Balaban J connectivity index is 1.77. The lowest BCUT2D eigenvalue weighted by Gasteiger charge is -2.34. The maximum Gasteiger partial charge on any atom is 0.238 e. The van der Waals surface area contributed by atoms with Gasteiger partial charge in [0.1, 0.15) is 0 Å². The van der Waals surface area contributed by atoms with Gasteiger partial charge < -0.3 is 10.6 Å². The Morgan fingerprint density at radius 1 is 1.20 bits per heavy atom. The standard InChI is InChI=1S/C16H25N3O/c1-17-13-8-10-15(11-9-13)19(2)12-16(20)18-14-6-4-3-5-7-14/h3-7,13,15,17H,8-12H2,1-2H3,(H,18,20). The van der Waals surface area contributed by atoms with Crippen molar-refractivity contribution >= 4 is 11.6 Å². The average Bonchev–Trinajstić information content (AvgIpc) is 2.48. The fraction of sp³-hybridized carbons (Fsp3) is 0.562. The molecule has 0 unspecified atom stereocenters. The van der Waals surface area contributed by atoms with Crippen LogP contribution in [0.25, 0.3) is 0 Å². The predicted molar refractivity (Wildman–Crippen MR) is 82.8 cm³/mol. The number of rotatable bonds is 5. The van der Waals surface area contributed by atoms with E-state index in [-0.39, 0.29) is 5.91 Å². The normalized spacial score (nSPS) is 22.8. The summed E-state index contributed by atoms with van der Waals surface area (Å²) in [5.41, 5.74) is 0.866. The number of benzene rings is 1. The molecule has 1 saturated carbocycles. The van der Waals surface area contributed by atoms with Gasteiger partial charge in [-0.25, -0.2) is 0 Å². The van der Waals surface area contributed by atoms with Crippen molar-refractivity contribution in [3.05, 3.63) is 30.3 Å². The Bertz CT molecular complexity index is 413. The summed E-state index contributed by atoms with van der Waals surface area (Å²) in [6.45, 7) is 0.462. The summed E-state index contributed by atoms with van der Waals surface area (Å²) in [5.74, 6) is 0.0643. The number of likely N-dealkylation sites (N-methyl/N-ethyl adjacent to an activating group) is 1. The van der Waals surface area contributed by atoms with E-state index in [1.165, 1.54) is 25.7 Å². The summed E-state index contributed by atoms with van der Waals surface area (Å²) in [5, 5.41) is 6.28. The van der Waals surface area contributed by atoms with Crippen LogP contribution < -0.4 is 10.6 Å². The molecule has 1 fully saturated rings. The van der Waals surface area contributed by atoms with Crippen molar-refractivity contribution in [3.8, 4) is 0 Å². The van der Waals surface area contributed by atoms with Crippen LogP contribution in [0.4, 0.5) is 5.69 Å². The Kier molecular flexibility index (Phi) is 5.56. The number of amides is 1. The third-order valence-electron chi connectivity index (χ3n) is 4.18. The average molecular weight is 275 g/mol. The lowest BCUT2D eigenvalue weighted by molar-refractivity contribution is -0.117. The number of anilines is 1. The molecule has 20 heavy (non-hydrogen) atoms. The molecule has 1 aliphatic rings. The van der Waals surface area contributed by atoms with Gasteiger partial charge >= 0.3 is 0 Å². The fourth-order valence-corrected chi connectivity index (χ4v) is 2.88. The minimum atomic E-state index is 0.0643. The van der Waals surface area contributed by atoms with E-state index in [0.717, 1.165) is 5.69 Å². The van der Waals surface area contributed by atoms with E-state index in [9.17, 15) is 4.79 Å². The summed E-state index contributed by atoms with van der Waals surface area (Å²) in [7, 11) is 4.08. The smallest absolute Gasteiger partial charge is 0.238 e. The van der Waals surface area contributed by atoms with Gasteiger partial charge in [-0.15, -0.1) is 0 Å². The minimum absolute atomic E-state index is 0.0643. The number of hydrogen-bond acceptors (Lipinski definition) is 3. The summed E-state index contributed by atoms with van der Waals surface area (Å²) in [6.07, 6.45) is 4.73. The molecule has 0 heterocycles. The van der Waals surface area contributed by atoms with Crippen molar-refractivity contribution in [1.82, 2.24) is 10.2 Å². The predicted octanol–water partition coefficient (Wildman–Crippen LogP) is 2.09. The first kappa shape index (κ1) is 15.0. The topological polar surface area (TPSA) is 44.4 Å². The van der Waals surface area contributed by atoms with Crippen LogP contribution in [0.5, 0.6) is 0 Å². The molecule has 2 rings (SSSR count). The summed E-state index contributed by atoms with van der Waals surface area (Å²) in [6, 6.07) is 10.8. The third kappa shape index (κ3) is 4.32. The molecule has 110 valence electrons. The van der Waals surface area contributed by atoms with Gasteiger partial charge in [0, 0.05) is 17.8 Å². The molecule has 1 aromatic carbocycles.